The third-order valence-electron chi connectivity index (χ3n) is 3.87. The van der Waals surface area contributed by atoms with Crippen LogP contribution in [0.15, 0.2) is 22.6 Å². The molecule has 2 aromatic rings. The lowest BCUT2D eigenvalue weighted by Gasteiger charge is -2.12. The minimum Gasteiger partial charge on any atom is -0.350 e. The first-order valence-electron chi connectivity index (χ1n) is 7.56. The van der Waals surface area contributed by atoms with Crippen LogP contribution in [-0.2, 0) is 0 Å². The van der Waals surface area contributed by atoms with E-state index >= 15 is 0 Å². The first-order chi connectivity index (χ1) is 10.6. The number of amides is 1. The molecule has 0 atom stereocenters. The number of carbonyl (C=O) groups is 1. The van der Waals surface area contributed by atoms with E-state index in [-0.39, 0.29) is 22.7 Å². The van der Waals surface area contributed by atoms with Crippen LogP contribution in [0.25, 0.3) is 5.52 Å². The number of rotatable bonds is 4. The summed E-state index contributed by atoms with van der Waals surface area (Å²) < 4.78 is 1.34. The molecule has 0 saturated heterocycles. The van der Waals surface area contributed by atoms with Gasteiger partial charge in [-0.25, -0.2) is 4.52 Å². The summed E-state index contributed by atoms with van der Waals surface area (Å²) in [5.41, 5.74) is 1.95. The summed E-state index contributed by atoms with van der Waals surface area (Å²) in [7, 11) is 0. The van der Waals surface area contributed by atoms with Crippen molar-refractivity contribution >= 4 is 11.4 Å². The van der Waals surface area contributed by atoms with Crippen molar-refractivity contribution in [3.63, 3.8) is 0 Å². The van der Waals surface area contributed by atoms with Gasteiger partial charge < -0.3 is 10.3 Å². The molecule has 0 bridgehead atoms. The van der Waals surface area contributed by atoms with Gasteiger partial charge in [-0.15, -0.1) is 5.10 Å². The molecule has 0 radical (unpaired) electrons. The zero-order chi connectivity index (χ0) is 15.5. The molecule has 3 rings (SSSR count). The Hall–Kier alpha value is -2.44. The number of aryl methyl sites for hydroxylation is 1. The van der Waals surface area contributed by atoms with E-state index in [9.17, 15) is 9.59 Å². The van der Waals surface area contributed by atoms with E-state index in [0.717, 1.165) is 19.3 Å². The zero-order valence-electron chi connectivity index (χ0n) is 12.6. The number of fused-ring (bicyclic) bond motifs is 1. The Balaban J connectivity index is 1.70. The van der Waals surface area contributed by atoms with Crippen molar-refractivity contribution in [2.24, 2.45) is 0 Å². The van der Waals surface area contributed by atoms with Gasteiger partial charge in [0.05, 0.1) is 6.20 Å². The van der Waals surface area contributed by atoms with E-state index < -0.39 is 0 Å². The summed E-state index contributed by atoms with van der Waals surface area (Å²) in [6, 6.07) is 0. The number of aromatic amines is 1. The molecule has 2 aromatic heterocycles. The number of aromatic nitrogens is 4. The average Bonchev–Trinajstić information content (AvgIpc) is 2.92. The average molecular weight is 301 g/mol. The molecule has 1 aliphatic rings. The fourth-order valence-electron chi connectivity index (χ4n) is 2.75. The molecule has 116 valence electrons. The van der Waals surface area contributed by atoms with E-state index in [1.165, 1.54) is 22.9 Å². The maximum Gasteiger partial charge on any atom is 0.276 e. The first-order valence-corrected chi connectivity index (χ1v) is 7.56. The topological polar surface area (TPSA) is 92.2 Å². The number of hydrogen-bond acceptors (Lipinski definition) is 4. The second-order valence-corrected chi connectivity index (χ2v) is 5.61. The Morgan fingerprint density at radius 1 is 1.45 bits per heavy atom. The normalized spacial score (nSPS) is 14.9. The van der Waals surface area contributed by atoms with Gasteiger partial charge in [-0.3, -0.25) is 9.59 Å². The van der Waals surface area contributed by atoms with Crippen LogP contribution in [0.5, 0.6) is 0 Å². The molecule has 7 nitrogen and oxygen atoms in total. The molecule has 0 unspecified atom stereocenters. The Morgan fingerprint density at radius 2 is 2.32 bits per heavy atom. The Kier molecular flexibility index (Phi) is 4.04. The molecular formula is C15H19N5O2. The molecular weight excluding hydrogens is 282 g/mol. The highest BCUT2D eigenvalue weighted by atomic mass is 16.2. The van der Waals surface area contributed by atoms with Gasteiger partial charge in [-0.2, -0.15) is 0 Å². The highest BCUT2D eigenvalue weighted by molar-refractivity contribution is 5.98. The number of nitrogens with zero attached hydrogens (tertiary/aromatic N) is 3. The number of allylic oxidation sites excluding steroid dienone is 1. The minimum absolute atomic E-state index is 0.0684. The molecule has 0 aliphatic heterocycles. The predicted octanol–water partition coefficient (Wildman–Crippen LogP) is 1.35. The van der Waals surface area contributed by atoms with Crippen molar-refractivity contribution in [2.75, 3.05) is 6.54 Å². The highest BCUT2D eigenvalue weighted by Crippen LogP contribution is 2.19. The number of H-pyrrole nitrogens is 1. The molecule has 0 spiro atoms. The molecule has 7 heteroatoms. The van der Waals surface area contributed by atoms with Gasteiger partial charge in [0.25, 0.3) is 11.5 Å². The summed E-state index contributed by atoms with van der Waals surface area (Å²) in [5, 5.41) is 10.5. The van der Waals surface area contributed by atoms with Gasteiger partial charge in [-0.1, -0.05) is 16.9 Å². The molecule has 2 N–H and O–H groups in total. The van der Waals surface area contributed by atoms with Crippen molar-refractivity contribution in [3.8, 4) is 0 Å². The number of carbonyl (C=O) groups excluding carboxylic acids is 1. The Bertz CT molecular complexity index is 787. The minimum atomic E-state index is -0.360. The quantitative estimate of drug-likeness (QED) is 0.834. The van der Waals surface area contributed by atoms with Gasteiger partial charge in [0.1, 0.15) is 0 Å². The summed E-state index contributed by atoms with van der Waals surface area (Å²) >= 11 is 0. The van der Waals surface area contributed by atoms with Crippen LogP contribution in [0.1, 0.15) is 48.3 Å². The summed E-state index contributed by atoms with van der Waals surface area (Å²) in [6.45, 7) is 2.30. The third-order valence-corrected chi connectivity index (χ3v) is 3.87. The smallest absolute Gasteiger partial charge is 0.276 e. The summed E-state index contributed by atoms with van der Waals surface area (Å²) in [4.78, 5) is 26.8. The summed E-state index contributed by atoms with van der Waals surface area (Å²) in [5.74, 6) is -0.360. The van der Waals surface area contributed by atoms with Gasteiger partial charge in [0, 0.05) is 12.2 Å². The van der Waals surface area contributed by atoms with Gasteiger partial charge in [0.15, 0.2) is 11.2 Å². The van der Waals surface area contributed by atoms with Crippen molar-refractivity contribution in [3.05, 3.63) is 39.6 Å². The van der Waals surface area contributed by atoms with Crippen LogP contribution in [0.3, 0.4) is 0 Å². The van der Waals surface area contributed by atoms with E-state index in [1.807, 2.05) is 0 Å². The largest absolute Gasteiger partial charge is 0.350 e. The lowest BCUT2D eigenvalue weighted by molar-refractivity contribution is 0.0950. The number of nitrogens with one attached hydrogen (secondary N) is 2. The first kappa shape index (κ1) is 14.5. The molecule has 1 aliphatic carbocycles. The van der Waals surface area contributed by atoms with E-state index in [4.69, 9.17) is 0 Å². The fraction of sp³-hybridized carbons (Fsp3) is 0.467. The van der Waals surface area contributed by atoms with E-state index in [1.54, 1.807) is 13.1 Å². The van der Waals surface area contributed by atoms with Crippen molar-refractivity contribution in [2.45, 2.75) is 39.0 Å². The molecule has 0 saturated carbocycles. The van der Waals surface area contributed by atoms with Crippen LogP contribution < -0.4 is 10.9 Å². The molecule has 2 heterocycles. The molecule has 0 fully saturated rings. The van der Waals surface area contributed by atoms with Crippen molar-refractivity contribution < 1.29 is 4.79 Å². The second-order valence-electron chi connectivity index (χ2n) is 5.61. The monoisotopic (exact) mass is 301 g/mol. The van der Waals surface area contributed by atoms with Crippen LogP contribution in [-0.4, -0.2) is 32.3 Å². The van der Waals surface area contributed by atoms with Gasteiger partial charge in [-0.05, 0) is 39.0 Å². The molecule has 0 aromatic carbocycles. The van der Waals surface area contributed by atoms with E-state index in [0.29, 0.717) is 12.2 Å². The van der Waals surface area contributed by atoms with Gasteiger partial charge >= 0.3 is 0 Å². The van der Waals surface area contributed by atoms with Crippen LogP contribution in [0.2, 0.25) is 0 Å². The van der Waals surface area contributed by atoms with Crippen molar-refractivity contribution in [1.82, 2.24) is 25.1 Å². The van der Waals surface area contributed by atoms with Crippen LogP contribution in [0, 0.1) is 6.92 Å². The maximum absolute atomic E-state index is 12.2. The van der Waals surface area contributed by atoms with Crippen LogP contribution >= 0.6 is 0 Å². The second kappa shape index (κ2) is 6.13. The zero-order valence-corrected chi connectivity index (χ0v) is 12.6. The molecule has 22 heavy (non-hydrogen) atoms. The van der Waals surface area contributed by atoms with Crippen LogP contribution in [0.4, 0.5) is 0 Å². The third kappa shape index (κ3) is 2.93. The summed E-state index contributed by atoms with van der Waals surface area (Å²) in [6.07, 6.45) is 9.47. The lowest BCUT2D eigenvalue weighted by Crippen LogP contribution is -2.27. The highest BCUT2D eigenvalue weighted by Gasteiger charge is 2.17. The lowest BCUT2D eigenvalue weighted by atomic mass is 9.97. The Labute approximate surface area is 127 Å². The van der Waals surface area contributed by atoms with Crippen molar-refractivity contribution in [1.29, 1.82) is 0 Å². The number of hydrogen-bond donors (Lipinski definition) is 2. The SMILES string of the molecule is Cc1cn2nnc(C(=O)NCCC3=CCCCC3)c2c(=O)[nH]1. The Morgan fingerprint density at radius 3 is 3.09 bits per heavy atom. The molecule has 1 amide bonds. The van der Waals surface area contributed by atoms with E-state index in [2.05, 4.69) is 26.7 Å². The predicted molar refractivity (Wildman–Crippen MR) is 81.8 cm³/mol. The van der Waals surface area contributed by atoms with Gasteiger partial charge in [0.2, 0.25) is 0 Å². The maximum atomic E-state index is 12.2. The standard InChI is InChI=1S/C15H19N5O2/c1-10-9-20-13(15(22)17-10)12(18-19-20)14(21)16-8-7-11-5-3-2-4-6-11/h5,9H,2-4,6-8H2,1H3,(H,16,21)(H,17,22). The fourth-order valence-corrected chi connectivity index (χ4v) is 2.75.